The molecular weight excluding hydrogens is 116 g/mol. The Morgan fingerprint density at radius 1 is 1.78 bits per heavy atom. The molecule has 0 bridgehead atoms. The van der Waals surface area contributed by atoms with Gasteiger partial charge in [-0.2, -0.15) is 0 Å². The first-order valence-corrected chi connectivity index (χ1v) is 3.23. The van der Waals surface area contributed by atoms with Crippen LogP contribution in [0.2, 0.25) is 0 Å². The molecule has 1 aliphatic rings. The van der Waals surface area contributed by atoms with Crippen molar-refractivity contribution in [1.29, 1.82) is 0 Å². The predicted molar refractivity (Wildman–Crippen MR) is 34.0 cm³/mol. The fraction of sp³-hybridized carbons (Fsp3) is 0.857. The van der Waals surface area contributed by atoms with Crippen molar-refractivity contribution in [1.82, 2.24) is 0 Å². The van der Waals surface area contributed by atoms with Crippen molar-refractivity contribution in [2.24, 2.45) is 11.3 Å². The molecule has 9 heavy (non-hydrogen) atoms. The summed E-state index contributed by atoms with van der Waals surface area (Å²) in [6.45, 7) is 3.93. The lowest BCUT2D eigenvalue weighted by Gasteiger charge is -2.41. The molecule has 1 unspecified atom stereocenters. The third kappa shape index (κ3) is 0.778. The van der Waals surface area contributed by atoms with Crippen LogP contribution in [0, 0.1) is 11.3 Å². The van der Waals surface area contributed by atoms with Crippen LogP contribution in [0.25, 0.3) is 0 Å². The van der Waals surface area contributed by atoms with E-state index in [1.807, 2.05) is 13.8 Å². The van der Waals surface area contributed by atoms with Crippen LogP contribution in [0.1, 0.15) is 20.3 Å². The van der Waals surface area contributed by atoms with E-state index in [0.29, 0.717) is 6.42 Å². The number of aliphatic hydroxyl groups is 1. The van der Waals surface area contributed by atoms with Crippen LogP contribution in [0.4, 0.5) is 0 Å². The normalized spacial score (nSPS) is 31.9. The van der Waals surface area contributed by atoms with Crippen LogP contribution in [-0.2, 0) is 4.79 Å². The van der Waals surface area contributed by atoms with E-state index in [9.17, 15) is 4.79 Å². The zero-order valence-corrected chi connectivity index (χ0v) is 5.85. The van der Waals surface area contributed by atoms with E-state index in [1.54, 1.807) is 0 Å². The largest absolute Gasteiger partial charge is 0.396 e. The Morgan fingerprint density at radius 3 is 2.44 bits per heavy atom. The third-order valence-electron chi connectivity index (χ3n) is 2.39. The van der Waals surface area contributed by atoms with Gasteiger partial charge in [0.15, 0.2) is 0 Å². The summed E-state index contributed by atoms with van der Waals surface area (Å²) in [4.78, 5) is 10.8. The predicted octanol–water partition coefficient (Wildman–Crippen LogP) is 0.594. The molecule has 1 N–H and O–H groups in total. The van der Waals surface area contributed by atoms with Gasteiger partial charge in [-0.3, -0.25) is 4.79 Å². The van der Waals surface area contributed by atoms with Gasteiger partial charge >= 0.3 is 0 Å². The molecule has 0 aliphatic heterocycles. The Balaban J connectivity index is 2.58. The van der Waals surface area contributed by atoms with Crippen LogP contribution < -0.4 is 0 Å². The van der Waals surface area contributed by atoms with E-state index >= 15 is 0 Å². The quantitative estimate of drug-likeness (QED) is 0.561. The van der Waals surface area contributed by atoms with Crippen molar-refractivity contribution in [2.45, 2.75) is 20.3 Å². The maximum absolute atomic E-state index is 10.8. The van der Waals surface area contributed by atoms with Gasteiger partial charge in [-0.05, 0) is 0 Å². The molecule has 0 aromatic heterocycles. The van der Waals surface area contributed by atoms with Crippen molar-refractivity contribution < 1.29 is 9.90 Å². The van der Waals surface area contributed by atoms with Gasteiger partial charge in [-0.25, -0.2) is 0 Å². The van der Waals surface area contributed by atoms with E-state index in [0.717, 1.165) is 0 Å². The Kier molecular flexibility index (Phi) is 1.35. The monoisotopic (exact) mass is 128 g/mol. The number of ketones is 1. The maximum Gasteiger partial charge on any atom is 0.139 e. The lowest BCUT2D eigenvalue weighted by molar-refractivity contribution is -0.144. The minimum Gasteiger partial charge on any atom is -0.396 e. The lowest BCUT2D eigenvalue weighted by atomic mass is 9.62. The molecule has 0 aromatic carbocycles. The van der Waals surface area contributed by atoms with Gasteiger partial charge in [-0.1, -0.05) is 13.8 Å². The van der Waals surface area contributed by atoms with E-state index in [-0.39, 0.29) is 23.7 Å². The first kappa shape index (κ1) is 6.75. The van der Waals surface area contributed by atoms with Gasteiger partial charge in [-0.15, -0.1) is 0 Å². The van der Waals surface area contributed by atoms with Gasteiger partial charge in [0, 0.05) is 24.4 Å². The molecule has 0 radical (unpaired) electrons. The fourth-order valence-electron chi connectivity index (χ4n) is 1.13. The van der Waals surface area contributed by atoms with Crippen molar-refractivity contribution >= 4 is 5.78 Å². The zero-order valence-electron chi connectivity index (χ0n) is 5.85. The topological polar surface area (TPSA) is 37.3 Å². The van der Waals surface area contributed by atoms with Crippen molar-refractivity contribution in [3.8, 4) is 0 Å². The van der Waals surface area contributed by atoms with Crippen molar-refractivity contribution in [3.05, 3.63) is 0 Å². The summed E-state index contributed by atoms with van der Waals surface area (Å²) in [5.74, 6) is 0.492. The minimum absolute atomic E-state index is 0.152. The first-order chi connectivity index (χ1) is 4.09. The van der Waals surface area contributed by atoms with Crippen molar-refractivity contribution in [2.75, 3.05) is 6.61 Å². The van der Waals surface area contributed by atoms with E-state index in [1.165, 1.54) is 0 Å². The smallest absolute Gasteiger partial charge is 0.139 e. The Bertz CT molecular complexity index is 138. The summed E-state index contributed by atoms with van der Waals surface area (Å²) in [6, 6.07) is 0. The molecule has 1 rings (SSSR count). The van der Waals surface area contributed by atoms with Gasteiger partial charge in [0.2, 0.25) is 0 Å². The minimum atomic E-state index is -0.241. The second kappa shape index (κ2) is 1.81. The molecule has 52 valence electrons. The number of Topliss-reactive ketones (excluding diaryl/α,β-unsaturated/α-hetero) is 1. The summed E-state index contributed by atoms with van der Waals surface area (Å²) in [5.41, 5.74) is -0.241. The molecule has 1 aliphatic carbocycles. The van der Waals surface area contributed by atoms with Gasteiger partial charge in [0.05, 0.1) is 0 Å². The molecule has 0 aromatic rings. The number of carbonyl (C=O) groups excluding carboxylic acids is 1. The Morgan fingerprint density at radius 2 is 2.33 bits per heavy atom. The van der Waals surface area contributed by atoms with Crippen LogP contribution in [-0.4, -0.2) is 17.5 Å². The number of rotatable bonds is 1. The van der Waals surface area contributed by atoms with Gasteiger partial charge in [0.25, 0.3) is 0 Å². The molecule has 0 amide bonds. The molecule has 0 saturated heterocycles. The standard InChI is InChI=1S/C7H12O2/c1-7(2)5(4-8)3-6(7)9/h5,8H,3-4H2,1-2H3. The second-order valence-corrected chi connectivity index (χ2v) is 3.23. The van der Waals surface area contributed by atoms with E-state index in [4.69, 9.17) is 5.11 Å². The lowest BCUT2D eigenvalue weighted by Crippen LogP contribution is -2.47. The summed E-state index contributed by atoms with van der Waals surface area (Å²) < 4.78 is 0. The van der Waals surface area contributed by atoms with Gasteiger partial charge < -0.3 is 5.11 Å². The van der Waals surface area contributed by atoms with E-state index in [2.05, 4.69) is 0 Å². The third-order valence-corrected chi connectivity index (χ3v) is 2.39. The fourth-order valence-corrected chi connectivity index (χ4v) is 1.13. The summed E-state index contributed by atoms with van der Waals surface area (Å²) >= 11 is 0. The summed E-state index contributed by atoms with van der Waals surface area (Å²) in [6.07, 6.45) is 0.573. The molecule has 1 saturated carbocycles. The average Bonchev–Trinajstić information content (AvgIpc) is 1.82. The number of aliphatic hydroxyl groups excluding tert-OH is 1. The zero-order chi connectivity index (χ0) is 7.07. The molecule has 2 nitrogen and oxygen atoms in total. The number of hydrogen-bond donors (Lipinski definition) is 1. The second-order valence-electron chi connectivity index (χ2n) is 3.23. The maximum atomic E-state index is 10.8. The van der Waals surface area contributed by atoms with Crippen molar-refractivity contribution in [3.63, 3.8) is 0 Å². The summed E-state index contributed by atoms with van der Waals surface area (Å²) in [7, 11) is 0. The van der Waals surface area contributed by atoms with E-state index < -0.39 is 0 Å². The first-order valence-electron chi connectivity index (χ1n) is 3.23. The molecule has 1 fully saturated rings. The average molecular weight is 128 g/mol. The Labute approximate surface area is 54.9 Å². The highest BCUT2D eigenvalue weighted by Crippen LogP contribution is 2.41. The Hall–Kier alpha value is -0.370. The van der Waals surface area contributed by atoms with Crippen LogP contribution in [0.15, 0.2) is 0 Å². The molecule has 0 spiro atoms. The van der Waals surface area contributed by atoms with Crippen LogP contribution >= 0.6 is 0 Å². The molecule has 1 atom stereocenters. The van der Waals surface area contributed by atoms with Gasteiger partial charge in [0.1, 0.15) is 5.78 Å². The SMILES string of the molecule is CC1(C)C(=O)CC1CO. The number of hydrogen-bond acceptors (Lipinski definition) is 2. The highest BCUT2D eigenvalue weighted by Gasteiger charge is 2.46. The molecule has 0 heterocycles. The number of carbonyl (C=O) groups is 1. The van der Waals surface area contributed by atoms with Crippen LogP contribution in [0.5, 0.6) is 0 Å². The van der Waals surface area contributed by atoms with Crippen LogP contribution in [0.3, 0.4) is 0 Å². The highest BCUT2D eigenvalue weighted by atomic mass is 16.3. The summed E-state index contributed by atoms with van der Waals surface area (Å²) in [5, 5.41) is 8.69. The molecule has 2 heteroatoms. The molecular formula is C7H12O2. The highest BCUT2D eigenvalue weighted by molar-refractivity contribution is 5.90.